The Bertz CT molecular complexity index is 281. The predicted octanol–water partition coefficient (Wildman–Crippen LogP) is 2.60. The summed E-state index contributed by atoms with van der Waals surface area (Å²) in [5.74, 6) is -3.61. The maximum absolute atomic E-state index is 12.5. The summed E-state index contributed by atoms with van der Waals surface area (Å²) in [6, 6.07) is 7.91. The van der Waals surface area contributed by atoms with Crippen molar-refractivity contribution in [1.82, 2.24) is 0 Å². The third-order valence-corrected chi connectivity index (χ3v) is 1.93. The van der Waals surface area contributed by atoms with Crippen molar-refractivity contribution in [2.45, 2.75) is 12.1 Å². The van der Waals surface area contributed by atoms with Crippen molar-refractivity contribution >= 4 is 0 Å². The van der Waals surface area contributed by atoms with Crippen LogP contribution in [-0.2, 0) is 0 Å². The molecule has 1 aromatic rings. The van der Waals surface area contributed by atoms with Gasteiger partial charge in [-0.05, 0) is 5.56 Å². The van der Waals surface area contributed by atoms with Gasteiger partial charge in [-0.1, -0.05) is 30.3 Å². The number of benzene rings is 1. The van der Waals surface area contributed by atoms with Crippen LogP contribution in [0.3, 0.4) is 0 Å². The van der Waals surface area contributed by atoms with E-state index in [-0.39, 0.29) is 5.92 Å². The van der Waals surface area contributed by atoms with Crippen molar-refractivity contribution in [2.24, 2.45) is 0 Å². The molecule has 0 aromatic heterocycles. The van der Waals surface area contributed by atoms with Crippen LogP contribution in [0.15, 0.2) is 30.3 Å². The number of alkyl halides is 3. The zero-order valence-electron chi connectivity index (χ0n) is 6.10. The summed E-state index contributed by atoms with van der Waals surface area (Å²) in [7, 11) is 0. The summed E-state index contributed by atoms with van der Waals surface area (Å²) in [6.07, 6.45) is -2.07. The average molecular weight is 171 g/mol. The fraction of sp³-hybridized carbons (Fsp3) is 0.222. The minimum absolute atomic E-state index is 0.301. The first-order chi connectivity index (χ1) is 5.64. The van der Waals surface area contributed by atoms with Gasteiger partial charge in [0.2, 0.25) is 0 Å². The monoisotopic (exact) mass is 171 g/mol. The van der Waals surface area contributed by atoms with Gasteiger partial charge in [0.1, 0.15) is 5.92 Å². The van der Waals surface area contributed by atoms with E-state index in [2.05, 4.69) is 0 Å². The highest BCUT2D eigenvalue weighted by molar-refractivity contribution is 5.50. The van der Waals surface area contributed by atoms with Gasteiger partial charge in [0.15, 0.2) is 6.17 Å². The van der Waals surface area contributed by atoms with E-state index in [0.717, 1.165) is 0 Å². The lowest BCUT2D eigenvalue weighted by molar-refractivity contribution is 0.0916. The second-order valence-electron chi connectivity index (χ2n) is 2.77. The summed E-state index contributed by atoms with van der Waals surface area (Å²) in [4.78, 5) is 0. The van der Waals surface area contributed by atoms with E-state index in [4.69, 9.17) is 0 Å². The summed E-state index contributed by atoms with van der Waals surface area (Å²) >= 11 is 0. The summed E-state index contributed by atoms with van der Waals surface area (Å²) in [5, 5.41) is 0. The smallest absolute Gasteiger partial charge is 0.240 e. The van der Waals surface area contributed by atoms with Crippen LogP contribution in [0.2, 0.25) is 0 Å². The van der Waals surface area contributed by atoms with Gasteiger partial charge >= 0.3 is 0 Å². The molecule has 2 rings (SSSR count). The Morgan fingerprint density at radius 3 is 2.00 bits per heavy atom. The van der Waals surface area contributed by atoms with E-state index >= 15 is 0 Å². The van der Waals surface area contributed by atoms with E-state index in [0.29, 0.717) is 5.56 Å². The molecule has 0 N–H and O–H groups in total. The predicted molar refractivity (Wildman–Crippen MR) is 38.6 cm³/mol. The Balaban J connectivity index is 2.25. The van der Waals surface area contributed by atoms with Crippen LogP contribution in [0.5, 0.6) is 0 Å². The molecule has 0 nitrogen and oxygen atoms in total. The Labute approximate surface area is 68.0 Å². The van der Waals surface area contributed by atoms with Crippen LogP contribution in [0.1, 0.15) is 5.56 Å². The third kappa shape index (κ3) is 0.924. The SMILES string of the molecule is FC1[C](c2ccccc2)C1(F)F. The van der Waals surface area contributed by atoms with Crippen LogP contribution in [-0.4, -0.2) is 12.1 Å². The van der Waals surface area contributed by atoms with Gasteiger partial charge in [0, 0.05) is 0 Å². The molecule has 1 unspecified atom stereocenters. The molecule has 1 fully saturated rings. The van der Waals surface area contributed by atoms with Gasteiger partial charge in [-0.15, -0.1) is 0 Å². The van der Waals surface area contributed by atoms with E-state index in [1.807, 2.05) is 0 Å². The Morgan fingerprint density at radius 1 is 1.08 bits per heavy atom. The first kappa shape index (κ1) is 7.65. The van der Waals surface area contributed by atoms with Crippen LogP contribution in [0.25, 0.3) is 0 Å². The van der Waals surface area contributed by atoms with E-state index in [1.54, 1.807) is 18.2 Å². The molecule has 0 saturated heterocycles. The maximum Gasteiger partial charge on any atom is 0.293 e. The zero-order valence-corrected chi connectivity index (χ0v) is 6.10. The lowest BCUT2D eigenvalue weighted by atomic mass is 10.1. The van der Waals surface area contributed by atoms with Crippen molar-refractivity contribution in [3.05, 3.63) is 41.8 Å². The van der Waals surface area contributed by atoms with Gasteiger partial charge in [0.25, 0.3) is 5.92 Å². The normalized spacial score (nSPS) is 27.1. The van der Waals surface area contributed by atoms with Gasteiger partial charge in [-0.25, -0.2) is 13.2 Å². The molecule has 12 heavy (non-hydrogen) atoms. The largest absolute Gasteiger partial charge is 0.293 e. The lowest BCUT2D eigenvalue weighted by Gasteiger charge is -1.94. The Hall–Kier alpha value is -0.990. The highest BCUT2D eigenvalue weighted by Gasteiger charge is 2.71. The molecule has 0 bridgehead atoms. The molecule has 1 aliphatic rings. The Kier molecular flexibility index (Phi) is 1.43. The molecule has 1 aliphatic carbocycles. The summed E-state index contributed by atoms with van der Waals surface area (Å²) < 4.78 is 37.4. The molecular formula is C9H6F3. The van der Waals surface area contributed by atoms with Gasteiger partial charge in [0.05, 0.1) is 0 Å². The molecule has 0 spiro atoms. The van der Waals surface area contributed by atoms with E-state index < -0.39 is 12.1 Å². The number of hydrogen-bond acceptors (Lipinski definition) is 0. The van der Waals surface area contributed by atoms with Crippen molar-refractivity contribution in [2.75, 3.05) is 0 Å². The second-order valence-corrected chi connectivity index (χ2v) is 2.77. The maximum atomic E-state index is 12.5. The molecular weight excluding hydrogens is 165 g/mol. The van der Waals surface area contributed by atoms with Crippen LogP contribution in [0, 0.1) is 5.92 Å². The molecule has 1 atom stereocenters. The quantitative estimate of drug-likeness (QED) is 0.609. The van der Waals surface area contributed by atoms with Crippen molar-refractivity contribution in [1.29, 1.82) is 0 Å². The molecule has 0 aliphatic heterocycles. The van der Waals surface area contributed by atoms with E-state index in [9.17, 15) is 13.2 Å². The topological polar surface area (TPSA) is 0 Å². The fourth-order valence-electron chi connectivity index (χ4n) is 1.20. The minimum atomic E-state index is -3.22. The van der Waals surface area contributed by atoms with Crippen molar-refractivity contribution in [3.63, 3.8) is 0 Å². The highest BCUT2D eigenvalue weighted by atomic mass is 19.3. The first-order valence-corrected chi connectivity index (χ1v) is 3.58. The zero-order chi connectivity index (χ0) is 8.77. The Morgan fingerprint density at radius 2 is 1.58 bits per heavy atom. The number of halogens is 3. The van der Waals surface area contributed by atoms with Crippen molar-refractivity contribution in [3.8, 4) is 0 Å². The van der Waals surface area contributed by atoms with E-state index in [1.165, 1.54) is 12.1 Å². The standard InChI is InChI=1S/C9H6F3/c10-8-7(9(8,11)12)6-4-2-1-3-5-6/h1-5,8H. The van der Waals surface area contributed by atoms with Crippen LogP contribution < -0.4 is 0 Å². The van der Waals surface area contributed by atoms with Gasteiger partial charge in [-0.2, -0.15) is 0 Å². The molecule has 1 radical (unpaired) electrons. The van der Waals surface area contributed by atoms with Crippen molar-refractivity contribution < 1.29 is 13.2 Å². The average Bonchev–Trinajstić information content (AvgIpc) is 2.53. The first-order valence-electron chi connectivity index (χ1n) is 3.58. The van der Waals surface area contributed by atoms with Gasteiger partial charge in [-0.3, -0.25) is 0 Å². The third-order valence-electron chi connectivity index (χ3n) is 1.93. The lowest BCUT2D eigenvalue weighted by Crippen LogP contribution is -1.94. The highest BCUT2D eigenvalue weighted by Crippen LogP contribution is 2.56. The second kappa shape index (κ2) is 2.25. The summed E-state index contributed by atoms with van der Waals surface area (Å²) in [6.45, 7) is 0. The molecule has 3 heteroatoms. The number of hydrogen-bond donors (Lipinski definition) is 0. The minimum Gasteiger partial charge on any atom is -0.240 e. The molecule has 1 aromatic carbocycles. The molecule has 0 amide bonds. The fourth-order valence-corrected chi connectivity index (χ4v) is 1.20. The van der Waals surface area contributed by atoms with Crippen LogP contribution in [0.4, 0.5) is 13.2 Å². The molecule has 63 valence electrons. The van der Waals surface area contributed by atoms with Crippen LogP contribution >= 0.6 is 0 Å². The van der Waals surface area contributed by atoms with Gasteiger partial charge < -0.3 is 0 Å². The molecule has 0 heterocycles. The molecule has 1 saturated carbocycles. The number of rotatable bonds is 1. The summed E-state index contributed by atoms with van der Waals surface area (Å²) in [5.41, 5.74) is 0.301.